The van der Waals surface area contributed by atoms with Gasteiger partial charge < -0.3 is 10.1 Å². The van der Waals surface area contributed by atoms with Crippen LogP contribution in [0.25, 0.3) is 0 Å². The highest BCUT2D eigenvalue weighted by molar-refractivity contribution is 9.10. The molecule has 18 heavy (non-hydrogen) atoms. The van der Waals surface area contributed by atoms with Crippen LogP contribution in [0.5, 0.6) is 5.75 Å². The van der Waals surface area contributed by atoms with Crippen LogP contribution in [-0.2, 0) is 0 Å². The summed E-state index contributed by atoms with van der Waals surface area (Å²) in [5, 5.41) is 3.31. The number of benzene rings is 1. The molecule has 0 aliphatic rings. The molecule has 0 unspecified atom stereocenters. The summed E-state index contributed by atoms with van der Waals surface area (Å²) in [6, 6.07) is 8.02. The van der Waals surface area contributed by atoms with Crippen molar-refractivity contribution in [2.45, 2.75) is 33.1 Å². The summed E-state index contributed by atoms with van der Waals surface area (Å²) in [6.45, 7) is 6.36. The molecule has 1 aromatic carbocycles. The zero-order chi connectivity index (χ0) is 13.4. The monoisotopic (exact) mass is 313 g/mol. The molecule has 2 nitrogen and oxygen atoms in total. The van der Waals surface area contributed by atoms with E-state index in [4.69, 9.17) is 4.74 Å². The second-order valence-electron chi connectivity index (χ2n) is 4.79. The van der Waals surface area contributed by atoms with Gasteiger partial charge in [-0.15, -0.1) is 0 Å². The third-order valence-electron chi connectivity index (χ3n) is 3.75. The molecule has 0 saturated carbocycles. The lowest BCUT2D eigenvalue weighted by Crippen LogP contribution is -2.33. The van der Waals surface area contributed by atoms with Gasteiger partial charge in [0, 0.05) is 11.0 Å². The van der Waals surface area contributed by atoms with Crippen LogP contribution in [0.3, 0.4) is 0 Å². The largest absolute Gasteiger partial charge is 0.494 e. The van der Waals surface area contributed by atoms with Gasteiger partial charge >= 0.3 is 0 Å². The van der Waals surface area contributed by atoms with Gasteiger partial charge in [0.15, 0.2) is 0 Å². The van der Waals surface area contributed by atoms with E-state index in [-0.39, 0.29) is 0 Å². The Morgan fingerprint density at radius 1 is 1.28 bits per heavy atom. The van der Waals surface area contributed by atoms with Crippen LogP contribution in [-0.4, -0.2) is 20.2 Å². The smallest absolute Gasteiger partial charge is 0.120 e. The highest BCUT2D eigenvalue weighted by atomic mass is 79.9. The summed E-state index contributed by atoms with van der Waals surface area (Å²) in [5.41, 5.74) is 0.362. The van der Waals surface area contributed by atoms with Gasteiger partial charge in [0.25, 0.3) is 0 Å². The third kappa shape index (κ3) is 4.62. The minimum Gasteiger partial charge on any atom is -0.494 e. The zero-order valence-corrected chi connectivity index (χ0v) is 13.2. The van der Waals surface area contributed by atoms with Crippen LogP contribution < -0.4 is 10.1 Å². The van der Waals surface area contributed by atoms with Gasteiger partial charge in [0.05, 0.1) is 6.61 Å². The summed E-state index contributed by atoms with van der Waals surface area (Å²) < 4.78 is 6.90. The number of nitrogens with one attached hydrogen (secondary N) is 1. The standard InChI is InChI=1S/C15H24BrNO/c1-4-15(5-2,12-17-3)9-10-18-14-8-6-7-13(16)11-14/h6-8,11,17H,4-5,9-10,12H2,1-3H3. The van der Waals surface area contributed by atoms with Crippen molar-refractivity contribution in [3.05, 3.63) is 28.7 Å². The summed E-state index contributed by atoms with van der Waals surface area (Å²) >= 11 is 3.46. The van der Waals surface area contributed by atoms with Crippen LogP contribution in [0, 0.1) is 5.41 Å². The Morgan fingerprint density at radius 3 is 2.56 bits per heavy atom. The molecule has 1 rings (SSSR count). The first-order chi connectivity index (χ1) is 8.65. The van der Waals surface area contributed by atoms with Crippen molar-refractivity contribution in [3.8, 4) is 5.75 Å². The van der Waals surface area contributed by atoms with Crippen LogP contribution in [0.2, 0.25) is 0 Å². The number of ether oxygens (including phenoxy) is 1. The van der Waals surface area contributed by atoms with E-state index in [9.17, 15) is 0 Å². The van der Waals surface area contributed by atoms with Crippen molar-refractivity contribution in [1.29, 1.82) is 0 Å². The lowest BCUT2D eigenvalue weighted by atomic mass is 9.79. The van der Waals surface area contributed by atoms with Crippen molar-refractivity contribution in [3.63, 3.8) is 0 Å². The Morgan fingerprint density at radius 2 is 2.00 bits per heavy atom. The van der Waals surface area contributed by atoms with Gasteiger partial charge in [-0.3, -0.25) is 0 Å². The van der Waals surface area contributed by atoms with E-state index in [1.807, 2.05) is 31.3 Å². The Hall–Kier alpha value is -0.540. The van der Waals surface area contributed by atoms with E-state index in [0.29, 0.717) is 5.41 Å². The van der Waals surface area contributed by atoms with Crippen molar-refractivity contribution >= 4 is 15.9 Å². The summed E-state index contributed by atoms with van der Waals surface area (Å²) in [6.07, 6.45) is 3.46. The molecule has 0 aliphatic carbocycles. The van der Waals surface area contributed by atoms with E-state index < -0.39 is 0 Å². The predicted octanol–water partition coefficient (Wildman–Crippen LogP) is 4.24. The molecule has 0 spiro atoms. The van der Waals surface area contributed by atoms with Gasteiger partial charge in [-0.1, -0.05) is 35.8 Å². The van der Waals surface area contributed by atoms with Gasteiger partial charge in [0.1, 0.15) is 5.75 Å². The zero-order valence-electron chi connectivity index (χ0n) is 11.6. The Kier molecular flexibility index (Phi) is 6.72. The Bertz CT molecular complexity index is 350. The van der Waals surface area contributed by atoms with E-state index in [0.717, 1.165) is 29.8 Å². The maximum atomic E-state index is 5.83. The first-order valence-corrected chi connectivity index (χ1v) is 7.48. The lowest BCUT2D eigenvalue weighted by molar-refractivity contribution is 0.178. The molecule has 1 aromatic rings. The molecular weight excluding hydrogens is 290 g/mol. The highest BCUT2D eigenvalue weighted by Crippen LogP contribution is 2.30. The molecule has 0 amide bonds. The van der Waals surface area contributed by atoms with Crippen LogP contribution >= 0.6 is 15.9 Å². The lowest BCUT2D eigenvalue weighted by Gasteiger charge is -2.31. The van der Waals surface area contributed by atoms with Crippen molar-refractivity contribution < 1.29 is 4.74 Å². The first-order valence-electron chi connectivity index (χ1n) is 6.69. The SMILES string of the molecule is CCC(CC)(CCOc1cccc(Br)c1)CNC. The summed E-state index contributed by atoms with van der Waals surface area (Å²) in [4.78, 5) is 0. The van der Waals surface area contributed by atoms with Gasteiger partial charge in [-0.05, 0) is 49.9 Å². The van der Waals surface area contributed by atoms with E-state index >= 15 is 0 Å². The minimum atomic E-state index is 0.362. The molecule has 0 atom stereocenters. The quantitative estimate of drug-likeness (QED) is 0.775. The highest BCUT2D eigenvalue weighted by Gasteiger charge is 2.25. The molecule has 102 valence electrons. The van der Waals surface area contributed by atoms with Gasteiger partial charge in [-0.2, -0.15) is 0 Å². The molecule has 0 heterocycles. The van der Waals surface area contributed by atoms with Crippen LogP contribution in [0.15, 0.2) is 28.7 Å². The minimum absolute atomic E-state index is 0.362. The van der Waals surface area contributed by atoms with Crippen molar-refractivity contribution in [2.24, 2.45) is 5.41 Å². The number of rotatable bonds is 8. The molecule has 0 fully saturated rings. The van der Waals surface area contributed by atoms with E-state index in [1.165, 1.54) is 12.8 Å². The normalized spacial score (nSPS) is 11.6. The molecule has 1 N–H and O–H groups in total. The summed E-state index contributed by atoms with van der Waals surface area (Å²) in [7, 11) is 2.02. The summed E-state index contributed by atoms with van der Waals surface area (Å²) in [5.74, 6) is 0.940. The second-order valence-corrected chi connectivity index (χ2v) is 5.71. The van der Waals surface area contributed by atoms with Crippen LogP contribution in [0.1, 0.15) is 33.1 Å². The predicted molar refractivity (Wildman–Crippen MR) is 81.2 cm³/mol. The van der Waals surface area contributed by atoms with E-state index in [1.54, 1.807) is 0 Å². The van der Waals surface area contributed by atoms with Crippen molar-refractivity contribution in [2.75, 3.05) is 20.2 Å². The molecular formula is C15H24BrNO. The molecule has 3 heteroatoms. The first kappa shape index (κ1) is 15.5. The average molecular weight is 314 g/mol. The third-order valence-corrected chi connectivity index (χ3v) is 4.24. The second kappa shape index (κ2) is 7.80. The molecule has 0 bridgehead atoms. The maximum absolute atomic E-state index is 5.83. The number of halogens is 1. The Balaban J connectivity index is 2.48. The molecule has 0 saturated heterocycles. The fraction of sp³-hybridized carbons (Fsp3) is 0.600. The number of hydrogen-bond acceptors (Lipinski definition) is 2. The fourth-order valence-corrected chi connectivity index (χ4v) is 2.64. The average Bonchev–Trinajstić information content (AvgIpc) is 2.38. The topological polar surface area (TPSA) is 21.3 Å². The van der Waals surface area contributed by atoms with Crippen molar-refractivity contribution in [1.82, 2.24) is 5.32 Å². The van der Waals surface area contributed by atoms with Gasteiger partial charge in [-0.25, -0.2) is 0 Å². The molecule has 0 radical (unpaired) electrons. The number of hydrogen-bond donors (Lipinski definition) is 1. The van der Waals surface area contributed by atoms with Gasteiger partial charge in [0.2, 0.25) is 0 Å². The molecule has 0 aromatic heterocycles. The maximum Gasteiger partial charge on any atom is 0.120 e. The van der Waals surface area contributed by atoms with Crippen LogP contribution in [0.4, 0.5) is 0 Å². The fourth-order valence-electron chi connectivity index (χ4n) is 2.26. The molecule has 0 aliphatic heterocycles. The Labute approximate surface area is 119 Å². The van der Waals surface area contributed by atoms with E-state index in [2.05, 4.69) is 35.1 Å².